The number of benzene rings is 3. The largest absolute Gasteiger partial charge is 0.391 e. The van der Waals surface area contributed by atoms with Gasteiger partial charge in [0.05, 0.1) is 65.8 Å². The molecule has 3 N–H and O–H groups in total. The number of β-amino-alcohol motifs (C(OH)–C–C–N with tert-alkyl or cyclic N) is 1. The van der Waals surface area contributed by atoms with Crippen molar-refractivity contribution in [1.29, 1.82) is 0 Å². The van der Waals surface area contributed by atoms with Crippen molar-refractivity contribution in [3.63, 3.8) is 0 Å². The van der Waals surface area contributed by atoms with Crippen LogP contribution in [0.3, 0.4) is 0 Å². The molecule has 3 aromatic carbocycles. The zero-order valence-corrected chi connectivity index (χ0v) is 41.6. The van der Waals surface area contributed by atoms with E-state index in [2.05, 4.69) is 83.8 Å². The molecule has 7 rings (SSSR count). The lowest BCUT2D eigenvalue weighted by Crippen LogP contribution is -2.58. The maximum Gasteiger partial charge on any atom is 0.246 e. The first kappa shape index (κ1) is 49.2. The summed E-state index contributed by atoms with van der Waals surface area (Å²) in [6, 6.07) is 18.2. The number of anilines is 2. The molecule has 6 aromatic rings. The zero-order chi connectivity index (χ0) is 48.0. The summed E-state index contributed by atoms with van der Waals surface area (Å²) in [6.07, 6.45) is 4.58. The predicted octanol–water partition coefficient (Wildman–Crippen LogP) is 8.19. The van der Waals surface area contributed by atoms with Crippen LogP contribution in [-0.4, -0.2) is 105 Å². The number of amides is 3. The maximum atomic E-state index is 14.2. The molecule has 0 radical (unpaired) electrons. The van der Waals surface area contributed by atoms with Crippen LogP contribution < -0.4 is 15.5 Å². The van der Waals surface area contributed by atoms with Crippen molar-refractivity contribution in [1.82, 2.24) is 35.2 Å². The Kier molecular flexibility index (Phi) is 15.8. The molecule has 15 nitrogen and oxygen atoms in total. The highest BCUT2D eigenvalue weighted by molar-refractivity contribution is 9.10. The molecule has 0 spiro atoms. The number of thiazole rings is 1. The van der Waals surface area contributed by atoms with Gasteiger partial charge in [-0.2, -0.15) is 0 Å². The van der Waals surface area contributed by atoms with Crippen LogP contribution >= 0.6 is 27.3 Å². The van der Waals surface area contributed by atoms with Gasteiger partial charge in [-0.15, -0.1) is 11.3 Å². The molecule has 3 amide bonds. The molecular formula is C50H59BrN8O7S. The van der Waals surface area contributed by atoms with E-state index >= 15 is 0 Å². The fourth-order valence-electron chi connectivity index (χ4n) is 8.37. The van der Waals surface area contributed by atoms with Gasteiger partial charge in [-0.1, -0.05) is 62.3 Å². The standard InChI is InChI=1S/C50H59BrN8O7S/c1-30-9-10-37(45-32(3)56-66-34(45)5)23-42(30)58(38-15-16-41(40(51)24-38)57-18-17-52-28-57)19-20-64-21-22-65-27-44(61)55-47(50(6,7)8)49(63)59-26-39(60)25-43(59)48(62)54-31(2)35-11-13-36(14-12-35)46-33(4)53-29-67-46/h9-18,23-24,28-29,31,39,43,47,60H,19-22,25-27H2,1-8H3,(H,54,62)(H,55,61)/t31-,39+,43-,47+/m0/s1. The molecule has 0 bridgehead atoms. The van der Waals surface area contributed by atoms with Crippen LogP contribution in [0, 0.1) is 33.1 Å². The molecule has 67 heavy (non-hydrogen) atoms. The van der Waals surface area contributed by atoms with E-state index in [-0.39, 0.29) is 44.7 Å². The number of carbonyl (C=O) groups excluding carboxylic acids is 3. The summed E-state index contributed by atoms with van der Waals surface area (Å²) >= 11 is 5.35. The summed E-state index contributed by atoms with van der Waals surface area (Å²) in [4.78, 5) is 54.4. The smallest absolute Gasteiger partial charge is 0.246 e. The summed E-state index contributed by atoms with van der Waals surface area (Å²) < 4.78 is 20.1. The van der Waals surface area contributed by atoms with Crippen LogP contribution in [0.5, 0.6) is 0 Å². The van der Waals surface area contributed by atoms with E-state index in [1.54, 1.807) is 23.9 Å². The molecule has 1 fully saturated rings. The van der Waals surface area contributed by atoms with Crippen LogP contribution in [0.25, 0.3) is 27.3 Å². The van der Waals surface area contributed by atoms with Crippen molar-refractivity contribution >= 4 is 56.4 Å². The first-order chi connectivity index (χ1) is 32.0. The Hall–Kier alpha value is -5.72. The Morgan fingerprint density at radius 1 is 0.970 bits per heavy atom. The molecule has 3 aromatic heterocycles. The Labute approximate surface area is 404 Å². The van der Waals surface area contributed by atoms with Gasteiger partial charge in [-0.3, -0.25) is 14.4 Å². The van der Waals surface area contributed by atoms with Gasteiger partial charge in [0.15, 0.2) is 0 Å². The lowest BCUT2D eigenvalue weighted by molar-refractivity contribution is -0.144. The predicted molar refractivity (Wildman–Crippen MR) is 262 cm³/mol. The molecule has 354 valence electrons. The van der Waals surface area contributed by atoms with Gasteiger partial charge in [-0.05, 0) is 102 Å². The highest BCUT2D eigenvalue weighted by Gasteiger charge is 2.44. The Bertz CT molecular complexity index is 2640. The van der Waals surface area contributed by atoms with Crippen molar-refractivity contribution in [3.05, 3.63) is 118 Å². The third-order valence-corrected chi connectivity index (χ3v) is 13.6. The number of nitrogens with one attached hydrogen (secondary N) is 2. The minimum absolute atomic E-state index is 0.0256. The normalized spacial score (nSPS) is 15.9. The van der Waals surface area contributed by atoms with Crippen molar-refractivity contribution in [3.8, 4) is 27.3 Å². The lowest BCUT2D eigenvalue weighted by Gasteiger charge is -2.35. The molecule has 1 aliphatic heterocycles. The Morgan fingerprint density at radius 3 is 2.37 bits per heavy atom. The second kappa shape index (κ2) is 21.5. The van der Waals surface area contributed by atoms with Crippen LogP contribution in [0.4, 0.5) is 11.4 Å². The van der Waals surface area contributed by atoms with E-state index in [1.807, 2.05) is 95.1 Å². The SMILES string of the molecule is Cc1ccc(-c2c(C)noc2C)cc1N(CCOCCOCC(=O)N[C@H](C(=O)N1C[C@H](O)C[C@H]1C(=O)N[C@@H](C)c1ccc(-c2scnc2C)cc1)C(C)(C)C)c1ccc(-n2ccnc2)c(Br)c1. The number of carbonyl (C=O) groups is 3. The number of hydrogen-bond acceptors (Lipinski definition) is 12. The molecule has 4 heterocycles. The highest BCUT2D eigenvalue weighted by Crippen LogP contribution is 2.37. The number of nitrogens with zero attached hydrogens (tertiary/aromatic N) is 6. The summed E-state index contributed by atoms with van der Waals surface area (Å²) in [5, 5.41) is 20.8. The minimum atomic E-state index is -0.986. The maximum absolute atomic E-state index is 14.2. The highest BCUT2D eigenvalue weighted by atomic mass is 79.9. The van der Waals surface area contributed by atoms with E-state index in [4.69, 9.17) is 14.0 Å². The third kappa shape index (κ3) is 11.7. The van der Waals surface area contributed by atoms with Gasteiger partial charge < -0.3 is 44.1 Å². The number of aliphatic hydroxyl groups is 1. The number of aliphatic hydroxyl groups excluding tert-OH is 1. The van der Waals surface area contributed by atoms with Crippen LogP contribution in [0.1, 0.15) is 68.4 Å². The minimum Gasteiger partial charge on any atom is -0.391 e. The summed E-state index contributed by atoms with van der Waals surface area (Å²) in [6.45, 7) is 16.2. The van der Waals surface area contributed by atoms with E-state index in [0.717, 1.165) is 71.4 Å². The summed E-state index contributed by atoms with van der Waals surface area (Å²) in [5.41, 5.74) is 10.7. The van der Waals surface area contributed by atoms with Crippen molar-refractivity contribution in [2.75, 3.05) is 44.4 Å². The zero-order valence-electron chi connectivity index (χ0n) is 39.2. The first-order valence-corrected chi connectivity index (χ1v) is 24.0. The van der Waals surface area contributed by atoms with Crippen molar-refractivity contribution in [2.45, 2.75) is 86.0 Å². The molecular weight excluding hydrogens is 937 g/mol. The summed E-state index contributed by atoms with van der Waals surface area (Å²) in [5.74, 6) is -0.555. The van der Waals surface area contributed by atoms with Crippen molar-refractivity contribution < 1.29 is 33.5 Å². The molecule has 0 unspecified atom stereocenters. The molecule has 0 aliphatic carbocycles. The third-order valence-electron chi connectivity index (χ3n) is 12.0. The number of aryl methyl sites for hydroxylation is 4. The number of aromatic nitrogens is 4. The number of ether oxygens (including phenoxy) is 2. The monoisotopic (exact) mass is 994 g/mol. The topological polar surface area (TPSA) is 177 Å². The molecule has 17 heteroatoms. The molecule has 0 saturated carbocycles. The van der Waals surface area contributed by atoms with E-state index < -0.39 is 35.4 Å². The van der Waals surface area contributed by atoms with Gasteiger partial charge >= 0.3 is 0 Å². The quantitative estimate of drug-likeness (QED) is 0.0708. The van der Waals surface area contributed by atoms with Gasteiger partial charge in [0.1, 0.15) is 24.5 Å². The van der Waals surface area contributed by atoms with Gasteiger partial charge in [0.25, 0.3) is 0 Å². The average molecular weight is 996 g/mol. The average Bonchev–Trinajstić information content (AvgIpc) is 4.12. The number of hydrogen-bond donors (Lipinski definition) is 3. The van der Waals surface area contributed by atoms with Crippen molar-refractivity contribution in [2.24, 2.45) is 5.41 Å². The Balaban J connectivity index is 0.932. The van der Waals surface area contributed by atoms with E-state index in [0.29, 0.717) is 13.2 Å². The fourth-order valence-corrected chi connectivity index (χ4v) is 9.76. The van der Waals surface area contributed by atoms with Crippen LogP contribution in [-0.2, 0) is 23.9 Å². The van der Waals surface area contributed by atoms with Crippen LogP contribution in [0.15, 0.2) is 93.9 Å². The summed E-state index contributed by atoms with van der Waals surface area (Å²) in [7, 11) is 0. The lowest BCUT2D eigenvalue weighted by atomic mass is 9.85. The van der Waals surface area contributed by atoms with E-state index in [1.165, 1.54) is 4.90 Å². The van der Waals surface area contributed by atoms with Gasteiger partial charge in [0, 0.05) is 53.3 Å². The molecule has 1 aliphatic rings. The van der Waals surface area contributed by atoms with Gasteiger partial charge in [-0.25, -0.2) is 9.97 Å². The molecule has 1 saturated heterocycles. The van der Waals surface area contributed by atoms with E-state index in [9.17, 15) is 19.5 Å². The fraction of sp³-hybridized carbons (Fsp3) is 0.400. The Morgan fingerprint density at radius 2 is 1.72 bits per heavy atom. The second-order valence-electron chi connectivity index (χ2n) is 18.0. The first-order valence-electron chi connectivity index (χ1n) is 22.3. The van der Waals surface area contributed by atoms with Crippen LogP contribution in [0.2, 0.25) is 0 Å². The number of rotatable bonds is 18. The number of imidazole rings is 1. The second-order valence-corrected chi connectivity index (χ2v) is 19.7. The molecule has 4 atom stereocenters. The van der Waals surface area contributed by atoms with Gasteiger partial charge in [0.2, 0.25) is 17.7 Å². The number of halogens is 1. The number of likely N-dealkylation sites (tertiary alicyclic amines) is 1.